The van der Waals surface area contributed by atoms with E-state index in [4.69, 9.17) is 5.73 Å². The van der Waals surface area contributed by atoms with Crippen molar-refractivity contribution >= 4 is 0 Å². The Balaban J connectivity index is 1.87. The summed E-state index contributed by atoms with van der Waals surface area (Å²) in [5.41, 5.74) is 7.51. The van der Waals surface area contributed by atoms with Crippen molar-refractivity contribution in [2.75, 3.05) is 26.2 Å². The van der Waals surface area contributed by atoms with E-state index in [2.05, 4.69) is 41.4 Å². The predicted molar refractivity (Wildman–Crippen MR) is 71.9 cm³/mol. The van der Waals surface area contributed by atoms with Gasteiger partial charge in [-0.1, -0.05) is 30.3 Å². The lowest BCUT2D eigenvalue weighted by Gasteiger charge is -2.34. The standard InChI is InChI=1S/C14H23N3/c1-12(17-9-7-16-8-10-17)11-14(15)13-5-3-2-4-6-13/h2-6,12,14,16H,7-11,15H2,1H3. The lowest BCUT2D eigenvalue weighted by Crippen LogP contribution is -2.48. The van der Waals surface area contributed by atoms with E-state index >= 15 is 0 Å². The monoisotopic (exact) mass is 233 g/mol. The van der Waals surface area contributed by atoms with Gasteiger partial charge in [0.2, 0.25) is 0 Å². The highest BCUT2D eigenvalue weighted by atomic mass is 15.2. The summed E-state index contributed by atoms with van der Waals surface area (Å²) in [6.45, 7) is 6.77. The van der Waals surface area contributed by atoms with Gasteiger partial charge in [0.25, 0.3) is 0 Å². The third kappa shape index (κ3) is 3.53. The van der Waals surface area contributed by atoms with E-state index < -0.39 is 0 Å². The highest BCUT2D eigenvalue weighted by Gasteiger charge is 2.19. The highest BCUT2D eigenvalue weighted by molar-refractivity contribution is 5.18. The minimum absolute atomic E-state index is 0.154. The molecule has 0 radical (unpaired) electrons. The first-order valence-corrected chi connectivity index (χ1v) is 6.52. The molecular formula is C14H23N3. The molecule has 2 rings (SSSR count). The van der Waals surface area contributed by atoms with Gasteiger partial charge in [-0.3, -0.25) is 4.90 Å². The van der Waals surface area contributed by atoms with Gasteiger partial charge in [-0.2, -0.15) is 0 Å². The Bertz CT molecular complexity index is 319. The van der Waals surface area contributed by atoms with Crippen LogP contribution < -0.4 is 11.1 Å². The summed E-state index contributed by atoms with van der Waals surface area (Å²) < 4.78 is 0. The molecule has 94 valence electrons. The smallest absolute Gasteiger partial charge is 0.0309 e. The molecule has 1 fully saturated rings. The molecule has 1 heterocycles. The fraction of sp³-hybridized carbons (Fsp3) is 0.571. The molecule has 2 atom stereocenters. The Morgan fingerprint density at radius 1 is 1.24 bits per heavy atom. The van der Waals surface area contributed by atoms with Crippen LogP contribution >= 0.6 is 0 Å². The van der Waals surface area contributed by atoms with E-state index in [1.807, 2.05) is 6.07 Å². The summed E-state index contributed by atoms with van der Waals surface area (Å²) in [6, 6.07) is 11.1. The molecule has 0 spiro atoms. The summed E-state index contributed by atoms with van der Waals surface area (Å²) in [5, 5.41) is 3.38. The molecular weight excluding hydrogens is 210 g/mol. The van der Waals surface area contributed by atoms with Crippen LogP contribution in [0.1, 0.15) is 24.9 Å². The van der Waals surface area contributed by atoms with Gasteiger partial charge in [0, 0.05) is 38.3 Å². The van der Waals surface area contributed by atoms with Crippen molar-refractivity contribution in [3.05, 3.63) is 35.9 Å². The van der Waals surface area contributed by atoms with E-state index in [1.54, 1.807) is 0 Å². The number of nitrogens with one attached hydrogen (secondary N) is 1. The van der Waals surface area contributed by atoms with E-state index in [9.17, 15) is 0 Å². The summed E-state index contributed by atoms with van der Waals surface area (Å²) in [4.78, 5) is 2.53. The molecule has 1 aliphatic heterocycles. The maximum absolute atomic E-state index is 6.26. The van der Waals surface area contributed by atoms with Crippen LogP contribution in [0.25, 0.3) is 0 Å². The number of nitrogens with two attached hydrogens (primary N) is 1. The zero-order valence-corrected chi connectivity index (χ0v) is 10.6. The number of hydrogen-bond donors (Lipinski definition) is 2. The van der Waals surface area contributed by atoms with Crippen LogP contribution in [-0.4, -0.2) is 37.1 Å². The minimum Gasteiger partial charge on any atom is -0.324 e. The molecule has 3 heteroatoms. The number of hydrogen-bond acceptors (Lipinski definition) is 3. The third-order valence-electron chi connectivity index (χ3n) is 3.60. The van der Waals surface area contributed by atoms with Crippen LogP contribution in [0.5, 0.6) is 0 Å². The molecule has 0 saturated carbocycles. The normalized spacial score (nSPS) is 21.1. The summed E-state index contributed by atoms with van der Waals surface area (Å²) in [5.74, 6) is 0. The molecule has 1 aromatic rings. The average molecular weight is 233 g/mol. The van der Waals surface area contributed by atoms with Gasteiger partial charge in [0.15, 0.2) is 0 Å². The van der Waals surface area contributed by atoms with Crippen LogP contribution in [-0.2, 0) is 0 Å². The molecule has 0 aliphatic carbocycles. The van der Waals surface area contributed by atoms with Gasteiger partial charge in [-0.15, -0.1) is 0 Å². The molecule has 2 unspecified atom stereocenters. The van der Waals surface area contributed by atoms with Crippen molar-refractivity contribution in [3.63, 3.8) is 0 Å². The Labute approximate surface area is 104 Å². The molecule has 1 saturated heterocycles. The fourth-order valence-corrected chi connectivity index (χ4v) is 2.48. The zero-order valence-electron chi connectivity index (χ0n) is 10.6. The predicted octanol–water partition coefficient (Wildman–Crippen LogP) is 1.37. The van der Waals surface area contributed by atoms with Crippen LogP contribution in [0.4, 0.5) is 0 Å². The van der Waals surface area contributed by atoms with Gasteiger partial charge in [-0.25, -0.2) is 0 Å². The Morgan fingerprint density at radius 3 is 2.53 bits per heavy atom. The van der Waals surface area contributed by atoms with Crippen molar-refractivity contribution in [2.45, 2.75) is 25.4 Å². The topological polar surface area (TPSA) is 41.3 Å². The highest BCUT2D eigenvalue weighted by Crippen LogP contribution is 2.18. The Hall–Kier alpha value is -0.900. The van der Waals surface area contributed by atoms with E-state index in [-0.39, 0.29) is 6.04 Å². The Kier molecular flexibility index (Phi) is 4.54. The minimum atomic E-state index is 0.154. The molecule has 1 aliphatic rings. The molecule has 0 aromatic heterocycles. The second-order valence-corrected chi connectivity index (χ2v) is 4.89. The maximum Gasteiger partial charge on any atom is 0.0309 e. The Morgan fingerprint density at radius 2 is 1.88 bits per heavy atom. The maximum atomic E-state index is 6.26. The first-order valence-electron chi connectivity index (χ1n) is 6.52. The van der Waals surface area contributed by atoms with Crippen LogP contribution in [0, 0.1) is 0 Å². The van der Waals surface area contributed by atoms with Gasteiger partial charge < -0.3 is 11.1 Å². The number of piperazine rings is 1. The molecule has 0 amide bonds. The first-order chi connectivity index (χ1) is 8.27. The summed E-state index contributed by atoms with van der Waals surface area (Å²) in [7, 11) is 0. The lowest BCUT2D eigenvalue weighted by atomic mass is 10.00. The number of benzene rings is 1. The quantitative estimate of drug-likeness (QED) is 0.825. The van der Waals surface area contributed by atoms with E-state index in [1.165, 1.54) is 5.56 Å². The molecule has 17 heavy (non-hydrogen) atoms. The third-order valence-corrected chi connectivity index (χ3v) is 3.60. The lowest BCUT2D eigenvalue weighted by molar-refractivity contribution is 0.170. The SMILES string of the molecule is CC(CC(N)c1ccccc1)N1CCNCC1. The van der Waals surface area contributed by atoms with E-state index in [0.29, 0.717) is 6.04 Å². The average Bonchev–Trinajstić information content (AvgIpc) is 2.40. The summed E-state index contributed by atoms with van der Waals surface area (Å²) >= 11 is 0. The number of rotatable bonds is 4. The largest absolute Gasteiger partial charge is 0.324 e. The molecule has 3 N–H and O–H groups in total. The van der Waals surface area contributed by atoms with Crippen molar-refractivity contribution in [1.82, 2.24) is 10.2 Å². The number of nitrogens with zero attached hydrogens (tertiary/aromatic N) is 1. The van der Waals surface area contributed by atoms with Crippen LogP contribution in [0.15, 0.2) is 30.3 Å². The van der Waals surface area contributed by atoms with Crippen molar-refractivity contribution in [3.8, 4) is 0 Å². The first kappa shape index (κ1) is 12.6. The van der Waals surface area contributed by atoms with Gasteiger partial charge in [-0.05, 0) is 18.9 Å². The van der Waals surface area contributed by atoms with Crippen molar-refractivity contribution in [1.29, 1.82) is 0 Å². The molecule has 1 aromatic carbocycles. The van der Waals surface area contributed by atoms with E-state index in [0.717, 1.165) is 32.6 Å². The second-order valence-electron chi connectivity index (χ2n) is 4.89. The van der Waals surface area contributed by atoms with Gasteiger partial charge in [0.05, 0.1) is 0 Å². The molecule has 0 bridgehead atoms. The van der Waals surface area contributed by atoms with Crippen molar-refractivity contribution in [2.24, 2.45) is 5.73 Å². The fourth-order valence-electron chi connectivity index (χ4n) is 2.48. The second kappa shape index (κ2) is 6.15. The van der Waals surface area contributed by atoms with Gasteiger partial charge in [0.1, 0.15) is 0 Å². The van der Waals surface area contributed by atoms with Gasteiger partial charge >= 0.3 is 0 Å². The summed E-state index contributed by atoms with van der Waals surface area (Å²) in [6.07, 6.45) is 1.03. The van der Waals surface area contributed by atoms with Crippen LogP contribution in [0.2, 0.25) is 0 Å². The zero-order chi connectivity index (χ0) is 12.1. The van der Waals surface area contributed by atoms with Crippen molar-refractivity contribution < 1.29 is 0 Å². The molecule has 3 nitrogen and oxygen atoms in total. The van der Waals surface area contributed by atoms with Crippen LogP contribution in [0.3, 0.4) is 0 Å².